The number of hydrogen-bond donors (Lipinski definition) is 5. The third-order valence-electron chi connectivity index (χ3n) is 4.35. The standard InChI is InChI=1S/C16H22BrFN6O3S2/c17-11-5-14(29(26,27)24-15-22-10-23-28-15)12(18)6-13(11)21-4-2-1-3-19-7-16(25)8-20-9-16/h5-6,10,19-21,25H,1-4,7-9H2,(H,22,23,24). The first-order valence-corrected chi connectivity index (χ1v) is 12.0. The summed E-state index contributed by atoms with van der Waals surface area (Å²) in [7, 11) is -4.11. The van der Waals surface area contributed by atoms with Crippen molar-refractivity contribution in [3.8, 4) is 0 Å². The van der Waals surface area contributed by atoms with E-state index in [9.17, 15) is 17.9 Å². The van der Waals surface area contributed by atoms with Gasteiger partial charge in [0.15, 0.2) is 0 Å². The van der Waals surface area contributed by atoms with Crippen LogP contribution in [-0.2, 0) is 10.0 Å². The molecule has 2 heterocycles. The minimum atomic E-state index is -4.11. The van der Waals surface area contributed by atoms with Gasteiger partial charge >= 0.3 is 0 Å². The Morgan fingerprint density at radius 2 is 2.07 bits per heavy atom. The first-order valence-electron chi connectivity index (χ1n) is 8.95. The Bertz CT molecular complexity index is 925. The van der Waals surface area contributed by atoms with Crippen LogP contribution in [0.4, 0.5) is 15.2 Å². The molecule has 1 fully saturated rings. The second kappa shape index (κ2) is 9.62. The molecule has 0 aliphatic carbocycles. The van der Waals surface area contributed by atoms with Crippen LogP contribution in [0.15, 0.2) is 27.8 Å². The van der Waals surface area contributed by atoms with Crippen LogP contribution in [0.5, 0.6) is 0 Å². The van der Waals surface area contributed by atoms with Gasteiger partial charge in [-0.3, -0.25) is 4.72 Å². The molecule has 0 saturated carbocycles. The van der Waals surface area contributed by atoms with Crippen LogP contribution in [0.2, 0.25) is 0 Å². The lowest BCUT2D eigenvalue weighted by atomic mass is 9.97. The number of anilines is 2. The number of nitrogens with one attached hydrogen (secondary N) is 4. The van der Waals surface area contributed by atoms with Crippen molar-refractivity contribution in [3.05, 3.63) is 28.7 Å². The largest absolute Gasteiger partial charge is 0.386 e. The molecule has 5 N–H and O–H groups in total. The van der Waals surface area contributed by atoms with Crippen molar-refractivity contribution >= 4 is 48.3 Å². The number of rotatable bonds is 11. The van der Waals surface area contributed by atoms with Crippen LogP contribution in [0.3, 0.4) is 0 Å². The Hall–Kier alpha value is -1.38. The summed E-state index contributed by atoms with van der Waals surface area (Å²) in [5.41, 5.74) is -0.159. The summed E-state index contributed by atoms with van der Waals surface area (Å²) >= 11 is 4.15. The summed E-state index contributed by atoms with van der Waals surface area (Å²) in [5, 5.41) is 19.4. The predicted octanol–water partition coefficient (Wildman–Crippen LogP) is 1.36. The summed E-state index contributed by atoms with van der Waals surface area (Å²) in [6.07, 6.45) is 2.93. The van der Waals surface area contributed by atoms with Gasteiger partial charge in [-0.25, -0.2) is 17.8 Å². The second-order valence-electron chi connectivity index (χ2n) is 6.75. The van der Waals surface area contributed by atoms with Crippen molar-refractivity contribution in [2.75, 3.05) is 42.8 Å². The van der Waals surface area contributed by atoms with E-state index in [1.165, 1.54) is 12.4 Å². The number of nitrogens with zero attached hydrogens (tertiary/aromatic N) is 2. The number of benzene rings is 1. The molecule has 1 aromatic heterocycles. The highest BCUT2D eigenvalue weighted by Gasteiger charge is 2.33. The van der Waals surface area contributed by atoms with Crippen molar-refractivity contribution in [1.29, 1.82) is 0 Å². The molecule has 1 aromatic carbocycles. The highest BCUT2D eigenvalue weighted by Crippen LogP contribution is 2.29. The van der Waals surface area contributed by atoms with Gasteiger partial charge in [0, 0.05) is 42.2 Å². The van der Waals surface area contributed by atoms with Crippen LogP contribution in [0.1, 0.15) is 12.8 Å². The maximum atomic E-state index is 14.4. The second-order valence-corrected chi connectivity index (χ2v) is 10.0. The molecule has 0 bridgehead atoms. The Labute approximate surface area is 180 Å². The fourth-order valence-electron chi connectivity index (χ4n) is 2.72. The molecule has 2 aromatic rings. The smallest absolute Gasteiger partial charge is 0.266 e. The number of aliphatic hydroxyl groups is 1. The summed E-state index contributed by atoms with van der Waals surface area (Å²) < 4.78 is 45.5. The van der Waals surface area contributed by atoms with Crippen molar-refractivity contribution < 1.29 is 17.9 Å². The number of unbranched alkanes of at least 4 members (excludes halogenated alkanes) is 1. The van der Waals surface area contributed by atoms with Gasteiger partial charge in [0.1, 0.15) is 22.6 Å². The van der Waals surface area contributed by atoms with Crippen molar-refractivity contribution in [2.45, 2.75) is 23.3 Å². The van der Waals surface area contributed by atoms with Crippen molar-refractivity contribution in [3.63, 3.8) is 0 Å². The molecule has 0 unspecified atom stereocenters. The van der Waals surface area contributed by atoms with Gasteiger partial charge in [-0.1, -0.05) is 0 Å². The SMILES string of the molecule is O=S(=O)(Nc1ncns1)c1cc(Br)c(NCCCCNCC2(O)CNC2)cc1F. The van der Waals surface area contributed by atoms with Crippen LogP contribution in [-0.4, -0.2) is 61.2 Å². The molecule has 160 valence electrons. The van der Waals surface area contributed by atoms with Crippen LogP contribution >= 0.6 is 27.5 Å². The number of aromatic nitrogens is 2. The van der Waals surface area contributed by atoms with Crippen LogP contribution in [0, 0.1) is 5.82 Å². The summed E-state index contributed by atoms with van der Waals surface area (Å²) in [4.78, 5) is 3.26. The zero-order valence-electron chi connectivity index (χ0n) is 15.4. The number of hydrogen-bond acceptors (Lipinski definition) is 9. The van der Waals surface area contributed by atoms with Gasteiger partial charge in [0.2, 0.25) is 5.13 Å². The zero-order chi connectivity index (χ0) is 20.9. The van der Waals surface area contributed by atoms with E-state index in [4.69, 9.17) is 0 Å². The number of β-amino-alcohol motifs (C(OH)–C–C–N with tert-alkyl or cyclic N) is 1. The topological polar surface area (TPSA) is 128 Å². The molecule has 1 aliphatic heterocycles. The lowest BCUT2D eigenvalue weighted by Gasteiger charge is -2.37. The van der Waals surface area contributed by atoms with Gasteiger partial charge in [-0.15, -0.1) is 0 Å². The average Bonchev–Trinajstić information content (AvgIpc) is 3.13. The molecular weight excluding hydrogens is 487 g/mol. The molecular formula is C16H22BrFN6O3S2. The number of halogens is 2. The molecule has 0 amide bonds. The van der Waals surface area contributed by atoms with E-state index in [2.05, 4.69) is 46.0 Å². The normalized spacial score (nSPS) is 15.7. The minimum Gasteiger partial charge on any atom is -0.386 e. The van der Waals surface area contributed by atoms with E-state index < -0.39 is 26.3 Å². The minimum absolute atomic E-state index is 0.0667. The van der Waals surface area contributed by atoms with E-state index in [0.717, 1.165) is 37.0 Å². The molecule has 3 rings (SSSR count). The van der Waals surface area contributed by atoms with Crippen LogP contribution < -0.4 is 20.7 Å². The maximum absolute atomic E-state index is 14.4. The monoisotopic (exact) mass is 508 g/mol. The maximum Gasteiger partial charge on any atom is 0.266 e. The summed E-state index contributed by atoms with van der Waals surface area (Å²) in [6, 6.07) is 2.37. The van der Waals surface area contributed by atoms with Crippen molar-refractivity contribution in [2.24, 2.45) is 0 Å². The molecule has 0 atom stereocenters. The molecule has 13 heteroatoms. The first-order chi connectivity index (χ1) is 13.8. The highest BCUT2D eigenvalue weighted by molar-refractivity contribution is 9.10. The molecule has 1 saturated heterocycles. The average molecular weight is 509 g/mol. The first kappa shape index (κ1) is 22.3. The lowest BCUT2D eigenvalue weighted by Crippen LogP contribution is -2.64. The Kier molecular flexibility index (Phi) is 7.40. The van der Waals surface area contributed by atoms with Gasteiger partial charge < -0.3 is 21.1 Å². The van der Waals surface area contributed by atoms with Gasteiger partial charge in [0.25, 0.3) is 10.0 Å². The van der Waals surface area contributed by atoms with E-state index in [1.54, 1.807) is 0 Å². The molecule has 0 spiro atoms. The van der Waals surface area contributed by atoms with Gasteiger partial charge in [-0.05, 0) is 47.4 Å². The predicted molar refractivity (Wildman–Crippen MR) is 113 cm³/mol. The third-order valence-corrected chi connectivity index (χ3v) is 7.07. The van der Waals surface area contributed by atoms with E-state index in [1.807, 2.05) is 0 Å². The van der Waals surface area contributed by atoms with E-state index >= 15 is 0 Å². The van der Waals surface area contributed by atoms with Crippen LogP contribution in [0.25, 0.3) is 0 Å². The quantitative estimate of drug-likeness (QED) is 0.288. The summed E-state index contributed by atoms with van der Waals surface area (Å²) in [5.74, 6) is -0.864. The molecule has 1 aliphatic rings. The fraction of sp³-hybridized carbons (Fsp3) is 0.500. The summed E-state index contributed by atoms with van der Waals surface area (Å²) in [6.45, 7) is 3.16. The van der Waals surface area contributed by atoms with Gasteiger partial charge in [0.05, 0.1) is 5.69 Å². The Morgan fingerprint density at radius 1 is 1.31 bits per heavy atom. The molecule has 9 nitrogen and oxygen atoms in total. The van der Waals surface area contributed by atoms with Gasteiger partial charge in [-0.2, -0.15) is 4.37 Å². The fourth-order valence-corrected chi connectivity index (χ4v) is 5.10. The molecule has 29 heavy (non-hydrogen) atoms. The number of sulfonamides is 1. The third kappa shape index (κ3) is 6.06. The Balaban J connectivity index is 1.47. The zero-order valence-corrected chi connectivity index (χ0v) is 18.6. The van der Waals surface area contributed by atoms with Crippen molar-refractivity contribution in [1.82, 2.24) is 20.0 Å². The lowest BCUT2D eigenvalue weighted by molar-refractivity contribution is -0.00822. The molecule has 0 radical (unpaired) electrons. The van der Waals surface area contributed by atoms with E-state index in [-0.39, 0.29) is 5.13 Å². The highest BCUT2D eigenvalue weighted by atomic mass is 79.9. The Morgan fingerprint density at radius 3 is 2.72 bits per heavy atom. The van der Waals surface area contributed by atoms with E-state index in [0.29, 0.717) is 36.3 Å².